The van der Waals surface area contributed by atoms with Gasteiger partial charge in [0.25, 0.3) is 0 Å². The third-order valence-corrected chi connectivity index (χ3v) is 2.52. The van der Waals surface area contributed by atoms with Crippen molar-refractivity contribution in [3.63, 3.8) is 0 Å². The number of methoxy groups -OCH3 is 1. The van der Waals surface area contributed by atoms with Crippen LogP contribution in [0.15, 0.2) is 18.3 Å². The zero-order valence-corrected chi connectivity index (χ0v) is 10.8. The molecular formula is C11H17BrN2O. The average Bonchev–Trinajstić information content (AvgIpc) is 2.24. The molecule has 3 nitrogen and oxygen atoms in total. The monoisotopic (exact) mass is 272 g/mol. The summed E-state index contributed by atoms with van der Waals surface area (Å²) in [4.78, 5) is 6.48. The van der Waals surface area contributed by atoms with E-state index in [4.69, 9.17) is 4.74 Å². The topological polar surface area (TPSA) is 25.4 Å². The average molecular weight is 273 g/mol. The van der Waals surface area contributed by atoms with Gasteiger partial charge >= 0.3 is 0 Å². The predicted octanol–water partition coefficient (Wildman–Crippen LogP) is 2.24. The van der Waals surface area contributed by atoms with Gasteiger partial charge in [0.2, 0.25) is 0 Å². The summed E-state index contributed by atoms with van der Waals surface area (Å²) >= 11 is 3.46. The van der Waals surface area contributed by atoms with Crippen LogP contribution in [0, 0.1) is 6.92 Å². The maximum absolute atomic E-state index is 5.10. The quantitative estimate of drug-likeness (QED) is 0.743. The zero-order chi connectivity index (χ0) is 11.1. The van der Waals surface area contributed by atoms with Crippen LogP contribution in [0.5, 0.6) is 0 Å². The second kappa shape index (κ2) is 6.80. The number of alkyl halides is 1. The second-order valence-electron chi connectivity index (χ2n) is 3.32. The van der Waals surface area contributed by atoms with Gasteiger partial charge in [-0.3, -0.25) is 4.98 Å². The molecular weight excluding hydrogens is 256 g/mol. The van der Waals surface area contributed by atoms with Gasteiger partial charge in [-0.1, -0.05) is 15.9 Å². The van der Waals surface area contributed by atoms with E-state index in [9.17, 15) is 0 Å². The number of aromatic nitrogens is 1. The smallest absolute Gasteiger partial charge is 0.0637 e. The summed E-state index contributed by atoms with van der Waals surface area (Å²) in [6.45, 7) is 4.64. The molecule has 0 atom stereocenters. The third kappa shape index (κ3) is 4.18. The molecule has 1 aromatic heterocycles. The lowest BCUT2D eigenvalue weighted by Crippen LogP contribution is -2.29. The third-order valence-electron chi connectivity index (χ3n) is 2.17. The van der Waals surface area contributed by atoms with Crippen molar-refractivity contribution >= 4 is 21.6 Å². The number of halogens is 1. The zero-order valence-electron chi connectivity index (χ0n) is 9.24. The van der Waals surface area contributed by atoms with Crippen LogP contribution in [0.4, 0.5) is 5.69 Å². The number of aryl methyl sites for hydroxylation is 1. The Bertz CT molecular complexity index is 294. The number of nitrogens with zero attached hydrogens (tertiary/aromatic N) is 2. The van der Waals surface area contributed by atoms with E-state index in [-0.39, 0.29) is 0 Å². The normalized spacial score (nSPS) is 10.3. The van der Waals surface area contributed by atoms with E-state index in [2.05, 4.69) is 31.9 Å². The molecule has 0 amide bonds. The first-order valence-electron chi connectivity index (χ1n) is 5.00. The largest absolute Gasteiger partial charge is 0.383 e. The molecule has 1 aromatic rings. The first-order valence-corrected chi connectivity index (χ1v) is 6.12. The van der Waals surface area contributed by atoms with Gasteiger partial charge in [-0.05, 0) is 19.1 Å². The van der Waals surface area contributed by atoms with Gasteiger partial charge in [0.05, 0.1) is 6.61 Å². The molecule has 84 valence electrons. The molecule has 4 heteroatoms. The number of anilines is 1. The summed E-state index contributed by atoms with van der Waals surface area (Å²) < 4.78 is 5.10. The minimum absolute atomic E-state index is 0.744. The van der Waals surface area contributed by atoms with E-state index in [1.807, 2.05) is 19.2 Å². The van der Waals surface area contributed by atoms with Crippen molar-refractivity contribution in [2.24, 2.45) is 0 Å². The lowest BCUT2D eigenvalue weighted by molar-refractivity contribution is 0.205. The van der Waals surface area contributed by atoms with Crippen LogP contribution >= 0.6 is 15.9 Å². The van der Waals surface area contributed by atoms with Gasteiger partial charge in [-0.25, -0.2) is 0 Å². The summed E-state index contributed by atoms with van der Waals surface area (Å²) in [5.41, 5.74) is 2.25. The van der Waals surface area contributed by atoms with Crippen molar-refractivity contribution in [2.45, 2.75) is 6.92 Å². The molecule has 0 aliphatic carbocycles. The van der Waals surface area contributed by atoms with Gasteiger partial charge < -0.3 is 9.64 Å². The van der Waals surface area contributed by atoms with Crippen LogP contribution in [0.25, 0.3) is 0 Å². The van der Waals surface area contributed by atoms with Gasteiger partial charge in [0.1, 0.15) is 0 Å². The van der Waals surface area contributed by atoms with Crippen LogP contribution in [0.3, 0.4) is 0 Å². The molecule has 0 saturated heterocycles. The minimum Gasteiger partial charge on any atom is -0.383 e. The maximum atomic E-state index is 5.10. The van der Waals surface area contributed by atoms with Crippen molar-refractivity contribution < 1.29 is 4.74 Å². The lowest BCUT2D eigenvalue weighted by Gasteiger charge is -2.23. The fourth-order valence-electron chi connectivity index (χ4n) is 1.40. The van der Waals surface area contributed by atoms with Crippen molar-refractivity contribution in [1.29, 1.82) is 0 Å². The van der Waals surface area contributed by atoms with Gasteiger partial charge in [0.15, 0.2) is 0 Å². The van der Waals surface area contributed by atoms with Gasteiger partial charge in [0, 0.05) is 43.1 Å². The molecule has 0 fully saturated rings. The number of rotatable bonds is 6. The Morgan fingerprint density at radius 2 is 2.27 bits per heavy atom. The first-order chi connectivity index (χ1) is 7.27. The Labute approximate surface area is 99.6 Å². The maximum Gasteiger partial charge on any atom is 0.0637 e. The van der Waals surface area contributed by atoms with Crippen molar-refractivity contribution in [3.8, 4) is 0 Å². The Balaban J connectivity index is 2.69. The Kier molecular flexibility index (Phi) is 5.65. The molecule has 0 unspecified atom stereocenters. The SMILES string of the molecule is COCCN(CCBr)c1ccnc(C)c1. The Morgan fingerprint density at radius 1 is 1.47 bits per heavy atom. The van der Waals surface area contributed by atoms with Crippen molar-refractivity contribution in [2.75, 3.05) is 37.0 Å². The van der Waals surface area contributed by atoms with Crippen LogP contribution < -0.4 is 4.90 Å². The Hall–Kier alpha value is -0.610. The fourth-order valence-corrected chi connectivity index (χ4v) is 1.83. The fraction of sp³-hybridized carbons (Fsp3) is 0.545. The highest BCUT2D eigenvalue weighted by molar-refractivity contribution is 9.09. The summed E-state index contributed by atoms with van der Waals surface area (Å²) in [6.07, 6.45) is 1.85. The highest BCUT2D eigenvalue weighted by Gasteiger charge is 2.05. The molecule has 0 aromatic carbocycles. The molecule has 1 heterocycles. The molecule has 0 radical (unpaired) electrons. The van der Waals surface area contributed by atoms with Crippen LogP contribution in [0.1, 0.15) is 5.69 Å². The highest BCUT2D eigenvalue weighted by atomic mass is 79.9. The lowest BCUT2D eigenvalue weighted by atomic mass is 10.3. The second-order valence-corrected chi connectivity index (χ2v) is 4.12. The van der Waals surface area contributed by atoms with Crippen molar-refractivity contribution in [3.05, 3.63) is 24.0 Å². The molecule has 0 N–H and O–H groups in total. The van der Waals surface area contributed by atoms with E-state index in [1.165, 1.54) is 5.69 Å². The minimum atomic E-state index is 0.744. The molecule has 0 bridgehead atoms. The van der Waals surface area contributed by atoms with Crippen molar-refractivity contribution in [1.82, 2.24) is 4.98 Å². The van der Waals surface area contributed by atoms with E-state index in [0.717, 1.165) is 30.7 Å². The predicted molar refractivity (Wildman–Crippen MR) is 66.9 cm³/mol. The van der Waals surface area contributed by atoms with Gasteiger partial charge in [-0.15, -0.1) is 0 Å². The molecule has 0 spiro atoms. The van der Waals surface area contributed by atoms with E-state index in [0.29, 0.717) is 0 Å². The molecule has 0 aliphatic rings. The Morgan fingerprint density at radius 3 is 2.87 bits per heavy atom. The molecule has 0 saturated carbocycles. The standard InChI is InChI=1S/C11H17BrN2O/c1-10-9-11(3-5-13-10)14(6-4-12)7-8-15-2/h3,5,9H,4,6-8H2,1-2H3. The van der Waals surface area contributed by atoms with E-state index in [1.54, 1.807) is 7.11 Å². The summed E-state index contributed by atoms with van der Waals surface area (Å²) in [6, 6.07) is 4.13. The number of ether oxygens (including phenoxy) is 1. The highest BCUT2D eigenvalue weighted by Crippen LogP contribution is 2.14. The molecule has 15 heavy (non-hydrogen) atoms. The number of hydrogen-bond donors (Lipinski definition) is 0. The summed E-state index contributed by atoms with van der Waals surface area (Å²) in [5, 5.41) is 0.956. The summed E-state index contributed by atoms with van der Waals surface area (Å²) in [5.74, 6) is 0. The van der Waals surface area contributed by atoms with Gasteiger partial charge in [-0.2, -0.15) is 0 Å². The molecule has 1 rings (SSSR count). The molecule has 0 aliphatic heterocycles. The van der Waals surface area contributed by atoms with Crippen LogP contribution in [0.2, 0.25) is 0 Å². The van der Waals surface area contributed by atoms with E-state index >= 15 is 0 Å². The first kappa shape index (κ1) is 12.5. The summed E-state index contributed by atoms with van der Waals surface area (Å²) in [7, 11) is 1.73. The van der Waals surface area contributed by atoms with Crippen LogP contribution in [-0.2, 0) is 4.74 Å². The number of pyridine rings is 1. The van der Waals surface area contributed by atoms with E-state index < -0.39 is 0 Å². The van der Waals surface area contributed by atoms with Crippen LogP contribution in [-0.4, -0.2) is 37.1 Å². The number of hydrogen-bond acceptors (Lipinski definition) is 3.